The van der Waals surface area contributed by atoms with Crippen LogP contribution in [0.15, 0.2) is 46.4 Å². The first-order chi connectivity index (χ1) is 9.72. The molecule has 0 saturated heterocycles. The number of carbonyl (C=O) groups excluding carboxylic acids is 1. The van der Waals surface area contributed by atoms with Gasteiger partial charge in [-0.1, -0.05) is 12.6 Å². The molecule has 0 aliphatic carbocycles. The molecule has 0 bridgehead atoms. The second-order valence-electron chi connectivity index (χ2n) is 3.88. The number of rotatable bonds is 3. The number of amides is 1. The molecule has 2 aromatic heterocycles. The highest BCUT2D eigenvalue weighted by molar-refractivity contribution is 7.14. The summed E-state index contributed by atoms with van der Waals surface area (Å²) < 4.78 is 17.6. The summed E-state index contributed by atoms with van der Waals surface area (Å²) in [6.45, 7) is 0. The van der Waals surface area contributed by atoms with Crippen molar-refractivity contribution >= 4 is 22.4 Å². The standard InChI is InChI=1S/C13H8FN3O2S.CH4/c14-9-3-1-8(2-4-9)10-7-20-13(16-10)17-12(18)11-5-6-15-19-11;/h1-7H,(H,16,17,18);1H4. The number of hydrogen-bond acceptors (Lipinski definition) is 5. The maximum atomic E-state index is 12.8. The molecule has 0 radical (unpaired) electrons. The number of benzene rings is 1. The molecule has 0 unspecified atom stereocenters. The summed E-state index contributed by atoms with van der Waals surface area (Å²) >= 11 is 1.28. The van der Waals surface area contributed by atoms with Gasteiger partial charge in [-0.2, -0.15) is 0 Å². The number of halogens is 1. The van der Waals surface area contributed by atoms with Gasteiger partial charge in [-0.05, 0) is 24.3 Å². The van der Waals surface area contributed by atoms with E-state index in [-0.39, 0.29) is 19.0 Å². The molecule has 0 atom stereocenters. The van der Waals surface area contributed by atoms with Gasteiger partial charge in [0.25, 0.3) is 5.91 Å². The molecule has 1 amide bonds. The second-order valence-corrected chi connectivity index (χ2v) is 4.73. The Bertz CT molecular complexity index is 723. The minimum absolute atomic E-state index is 0. The number of hydrogen-bond donors (Lipinski definition) is 1. The van der Waals surface area contributed by atoms with Crippen molar-refractivity contribution in [2.75, 3.05) is 5.32 Å². The molecule has 2 heterocycles. The monoisotopic (exact) mass is 305 g/mol. The fourth-order valence-electron chi connectivity index (χ4n) is 1.58. The third-order valence-electron chi connectivity index (χ3n) is 2.53. The predicted molar refractivity (Wildman–Crippen MR) is 78.7 cm³/mol. The van der Waals surface area contributed by atoms with Crippen LogP contribution >= 0.6 is 11.3 Å². The zero-order valence-electron chi connectivity index (χ0n) is 10.0. The van der Waals surface area contributed by atoms with Gasteiger partial charge < -0.3 is 4.52 Å². The lowest BCUT2D eigenvalue weighted by atomic mass is 10.2. The second kappa shape index (κ2) is 6.27. The Labute approximate surface area is 124 Å². The van der Waals surface area contributed by atoms with Crippen LogP contribution in [0.3, 0.4) is 0 Å². The van der Waals surface area contributed by atoms with Crippen LogP contribution in [-0.4, -0.2) is 16.0 Å². The number of nitrogens with zero attached hydrogens (tertiary/aromatic N) is 2. The lowest BCUT2D eigenvalue weighted by molar-refractivity contribution is 0.0988. The van der Waals surface area contributed by atoms with E-state index in [2.05, 4.69) is 15.5 Å². The van der Waals surface area contributed by atoms with Crippen molar-refractivity contribution in [1.82, 2.24) is 10.1 Å². The summed E-state index contributed by atoms with van der Waals surface area (Å²) in [5.74, 6) is -0.603. The molecular weight excluding hydrogens is 293 g/mol. The van der Waals surface area contributed by atoms with Gasteiger partial charge >= 0.3 is 0 Å². The molecule has 1 N–H and O–H groups in total. The fraction of sp³-hybridized carbons (Fsp3) is 0.0714. The highest BCUT2D eigenvalue weighted by Crippen LogP contribution is 2.25. The van der Waals surface area contributed by atoms with Gasteiger partial charge in [-0.3, -0.25) is 10.1 Å². The van der Waals surface area contributed by atoms with Crippen molar-refractivity contribution in [2.24, 2.45) is 0 Å². The van der Waals surface area contributed by atoms with Crippen molar-refractivity contribution in [3.63, 3.8) is 0 Å². The third kappa shape index (κ3) is 3.32. The zero-order valence-corrected chi connectivity index (χ0v) is 10.9. The van der Waals surface area contributed by atoms with Gasteiger partial charge in [0.1, 0.15) is 5.82 Å². The van der Waals surface area contributed by atoms with E-state index in [0.29, 0.717) is 10.8 Å². The van der Waals surface area contributed by atoms with Crippen LogP contribution in [0.5, 0.6) is 0 Å². The van der Waals surface area contributed by atoms with Gasteiger partial charge in [0.15, 0.2) is 5.13 Å². The molecule has 3 rings (SSSR count). The third-order valence-corrected chi connectivity index (χ3v) is 3.28. The number of carbonyl (C=O) groups is 1. The molecule has 0 aliphatic rings. The highest BCUT2D eigenvalue weighted by atomic mass is 32.1. The Kier molecular flexibility index (Phi) is 4.44. The first-order valence-electron chi connectivity index (χ1n) is 5.66. The van der Waals surface area contributed by atoms with Crippen molar-refractivity contribution in [1.29, 1.82) is 0 Å². The van der Waals surface area contributed by atoms with Gasteiger partial charge in [0.2, 0.25) is 5.76 Å². The zero-order chi connectivity index (χ0) is 13.9. The Morgan fingerprint density at radius 1 is 1.24 bits per heavy atom. The van der Waals surface area contributed by atoms with Crippen LogP contribution in [0, 0.1) is 5.82 Å². The average Bonchev–Trinajstić information content (AvgIpc) is 3.10. The maximum absolute atomic E-state index is 12.8. The van der Waals surface area contributed by atoms with E-state index < -0.39 is 5.91 Å². The van der Waals surface area contributed by atoms with E-state index >= 15 is 0 Å². The molecule has 0 fully saturated rings. The molecular formula is C14H12FN3O2S. The number of nitrogens with one attached hydrogen (secondary N) is 1. The molecule has 7 heteroatoms. The minimum atomic E-state index is -0.414. The fourth-order valence-corrected chi connectivity index (χ4v) is 2.29. The largest absolute Gasteiger partial charge is 0.351 e. The molecule has 0 saturated carbocycles. The van der Waals surface area contributed by atoms with E-state index in [1.165, 1.54) is 35.7 Å². The highest BCUT2D eigenvalue weighted by Gasteiger charge is 2.12. The Balaban J connectivity index is 0.00000161. The van der Waals surface area contributed by atoms with E-state index in [0.717, 1.165) is 5.56 Å². The normalized spacial score (nSPS) is 9.95. The molecule has 0 spiro atoms. The predicted octanol–water partition coefficient (Wildman–Crippen LogP) is 3.83. The first kappa shape index (κ1) is 14.9. The summed E-state index contributed by atoms with van der Waals surface area (Å²) in [6, 6.07) is 7.45. The molecule has 0 aliphatic heterocycles. The Morgan fingerprint density at radius 2 is 2.00 bits per heavy atom. The van der Waals surface area contributed by atoms with Crippen molar-refractivity contribution < 1.29 is 13.7 Å². The van der Waals surface area contributed by atoms with E-state index in [1.54, 1.807) is 17.5 Å². The van der Waals surface area contributed by atoms with Gasteiger partial charge in [-0.25, -0.2) is 9.37 Å². The summed E-state index contributed by atoms with van der Waals surface area (Å²) in [7, 11) is 0. The molecule has 108 valence electrons. The average molecular weight is 305 g/mol. The van der Waals surface area contributed by atoms with Gasteiger partial charge in [0.05, 0.1) is 11.9 Å². The lowest BCUT2D eigenvalue weighted by Gasteiger charge is -1.97. The van der Waals surface area contributed by atoms with E-state index in [1.807, 2.05) is 0 Å². The lowest BCUT2D eigenvalue weighted by Crippen LogP contribution is -2.10. The van der Waals surface area contributed by atoms with Crippen LogP contribution < -0.4 is 5.32 Å². The smallest absolute Gasteiger partial charge is 0.296 e. The summed E-state index contributed by atoms with van der Waals surface area (Å²) in [6.07, 6.45) is 1.39. The van der Waals surface area contributed by atoms with Crippen LogP contribution in [-0.2, 0) is 0 Å². The minimum Gasteiger partial charge on any atom is -0.351 e. The van der Waals surface area contributed by atoms with Crippen LogP contribution in [0.4, 0.5) is 9.52 Å². The van der Waals surface area contributed by atoms with E-state index in [4.69, 9.17) is 4.52 Å². The van der Waals surface area contributed by atoms with Crippen LogP contribution in [0.2, 0.25) is 0 Å². The molecule has 3 aromatic rings. The maximum Gasteiger partial charge on any atom is 0.296 e. The van der Waals surface area contributed by atoms with Crippen LogP contribution in [0.1, 0.15) is 18.0 Å². The van der Waals surface area contributed by atoms with Gasteiger partial charge in [0, 0.05) is 17.0 Å². The quantitative estimate of drug-likeness (QED) is 0.798. The summed E-state index contributed by atoms with van der Waals surface area (Å²) in [4.78, 5) is 16.0. The Morgan fingerprint density at radius 3 is 2.67 bits per heavy atom. The van der Waals surface area contributed by atoms with Crippen LogP contribution in [0.25, 0.3) is 11.3 Å². The topological polar surface area (TPSA) is 68.0 Å². The van der Waals surface area contributed by atoms with Crippen molar-refractivity contribution in [3.05, 3.63) is 53.5 Å². The van der Waals surface area contributed by atoms with Crippen molar-refractivity contribution in [2.45, 2.75) is 7.43 Å². The number of thiazole rings is 1. The first-order valence-corrected chi connectivity index (χ1v) is 6.54. The summed E-state index contributed by atoms with van der Waals surface area (Å²) in [5.41, 5.74) is 1.45. The molecule has 21 heavy (non-hydrogen) atoms. The number of aromatic nitrogens is 2. The molecule has 1 aromatic carbocycles. The SMILES string of the molecule is C.O=C(Nc1nc(-c2ccc(F)cc2)cs1)c1ccno1. The van der Waals surface area contributed by atoms with Gasteiger partial charge in [-0.15, -0.1) is 11.3 Å². The molecule has 5 nitrogen and oxygen atoms in total. The van der Waals surface area contributed by atoms with Crippen molar-refractivity contribution in [3.8, 4) is 11.3 Å². The van der Waals surface area contributed by atoms with E-state index in [9.17, 15) is 9.18 Å². The number of anilines is 1. The summed E-state index contributed by atoms with van der Waals surface area (Å²) in [5, 5.41) is 8.28. The Hall–Kier alpha value is -2.54.